The Morgan fingerprint density at radius 2 is 0.654 bits per heavy atom. The Morgan fingerprint density at radius 1 is 0.288 bits per heavy atom. The Balaban J connectivity index is 1.05. The molecule has 0 aliphatic heterocycles. The molecule has 0 N–H and O–H groups in total. The molecule has 0 radical (unpaired) electrons. The SMILES string of the molecule is c1ccc2cc(-c3ccc(N(c4ccc(-c5ccc6ccccc6c5)cc4)c4ccc(-n5c6ccccc6c6ccccc65)cc4)cc3)ccc2c1. The lowest BCUT2D eigenvalue weighted by Crippen LogP contribution is -2.10. The van der Waals surface area contributed by atoms with Crippen LogP contribution in [0.1, 0.15) is 0 Å². The van der Waals surface area contributed by atoms with Crippen LogP contribution in [0.5, 0.6) is 0 Å². The van der Waals surface area contributed by atoms with Crippen molar-refractivity contribution in [1.29, 1.82) is 0 Å². The summed E-state index contributed by atoms with van der Waals surface area (Å²) >= 11 is 0. The van der Waals surface area contributed by atoms with Crippen LogP contribution in [0, 0.1) is 0 Å². The fourth-order valence-electron chi connectivity index (χ4n) is 7.74. The van der Waals surface area contributed by atoms with Gasteiger partial charge in [0.05, 0.1) is 11.0 Å². The predicted molar refractivity (Wildman–Crippen MR) is 221 cm³/mol. The van der Waals surface area contributed by atoms with Crippen LogP contribution in [-0.2, 0) is 0 Å². The van der Waals surface area contributed by atoms with Gasteiger partial charge in [0.25, 0.3) is 0 Å². The van der Waals surface area contributed by atoms with Crippen molar-refractivity contribution < 1.29 is 0 Å². The fraction of sp³-hybridized carbons (Fsp3) is 0. The van der Waals surface area contributed by atoms with E-state index >= 15 is 0 Å². The lowest BCUT2D eigenvalue weighted by Gasteiger charge is -2.26. The second-order valence-corrected chi connectivity index (χ2v) is 13.4. The zero-order valence-corrected chi connectivity index (χ0v) is 28.5. The van der Waals surface area contributed by atoms with Gasteiger partial charge in [-0.2, -0.15) is 0 Å². The highest BCUT2D eigenvalue weighted by molar-refractivity contribution is 6.09. The number of nitrogens with zero attached hydrogens (tertiary/aromatic N) is 2. The molecule has 0 fully saturated rings. The summed E-state index contributed by atoms with van der Waals surface area (Å²) in [7, 11) is 0. The Bertz CT molecular complexity index is 2700. The van der Waals surface area contributed by atoms with Gasteiger partial charge in [-0.1, -0.05) is 133 Å². The molecule has 2 heteroatoms. The second kappa shape index (κ2) is 12.5. The molecule has 0 unspecified atom stereocenters. The lowest BCUT2D eigenvalue weighted by atomic mass is 10.00. The van der Waals surface area contributed by atoms with E-state index in [9.17, 15) is 0 Å². The highest BCUT2D eigenvalue weighted by atomic mass is 15.1. The monoisotopic (exact) mass is 662 g/mol. The van der Waals surface area contributed by atoms with E-state index in [1.165, 1.54) is 65.6 Å². The van der Waals surface area contributed by atoms with Gasteiger partial charge >= 0.3 is 0 Å². The Kier molecular flexibility index (Phi) is 7.18. The van der Waals surface area contributed by atoms with E-state index in [-0.39, 0.29) is 0 Å². The number of fused-ring (bicyclic) bond motifs is 5. The maximum atomic E-state index is 2.37. The molecule has 10 aromatic rings. The third-order valence-corrected chi connectivity index (χ3v) is 10.4. The van der Waals surface area contributed by atoms with Crippen molar-refractivity contribution in [1.82, 2.24) is 4.57 Å². The average molecular weight is 663 g/mol. The summed E-state index contributed by atoms with van der Waals surface area (Å²) in [5.41, 5.74) is 11.7. The largest absolute Gasteiger partial charge is 0.311 e. The van der Waals surface area contributed by atoms with E-state index in [1.54, 1.807) is 0 Å². The summed E-state index contributed by atoms with van der Waals surface area (Å²) in [5, 5.41) is 7.54. The van der Waals surface area contributed by atoms with Gasteiger partial charge in [-0.15, -0.1) is 0 Å². The van der Waals surface area contributed by atoms with Crippen LogP contribution in [0.4, 0.5) is 17.1 Å². The van der Waals surface area contributed by atoms with Gasteiger partial charge in [-0.3, -0.25) is 0 Å². The van der Waals surface area contributed by atoms with Crippen LogP contribution in [0.3, 0.4) is 0 Å². The molecular weight excluding hydrogens is 629 g/mol. The summed E-state index contributed by atoms with van der Waals surface area (Å²) < 4.78 is 2.37. The van der Waals surface area contributed by atoms with Gasteiger partial charge in [-0.05, 0) is 117 Å². The van der Waals surface area contributed by atoms with Gasteiger partial charge in [0.2, 0.25) is 0 Å². The molecule has 0 amide bonds. The second-order valence-electron chi connectivity index (χ2n) is 13.4. The summed E-state index contributed by atoms with van der Waals surface area (Å²) in [6.45, 7) is 0. The highest BCUT2D eigenvalue weighted by Gasteiger charge is 2.16. The summed E-state index contributed by atoms with van der Waals surface area (Å²) in [6, 6.07) is 74.7. The smallest absolute Gasteiger partial charge is 0.0541 e. The molecule has 2 nitrogen and oxygen atoms in total. The van der Waals surface area contributed by atoms with Gasteiger partial charge in [0, 0.05) is 33.5 Å². The minimum Gasteiger partial charge on any atom is -0.311 e. The van der Waals surface area contributed by atoms with Crippen LogP contribution in [0.2, 0.25) is 0 Å². The molecule has 9 aromatic carbocycles. The van der Waals surface area contributed by atoms with E-state index in [2.05, 4.69) is 216 Å². The fourth-order valence-corrected chi connectivity index (χ4v) is 7.74. The quantitative estimate of drug-likeness (QED) is 0.172. The van der Waals surface area contributed by atoms with Crippen molar-refractivity contribution in [2.45, 2.75) is 0 Å². The van der Waals surface area contributed by atoms with Crippen molar-refractivity contribution in [2.24, 2.45) is 0 Å². The average Bonchev–Trinajstić information content (AvgIpc) is 3.56. The Hall–Kier alpha value is -6.90. The minimum atomic E-state index is 1.10. The molecule has 10 rings (SSSR count). The van der Waals surface area contributed by atoms with Crippen molar-refractivity contribution in [3.63, 3.8) is 0 Å². The van der Waals surface area contributed by atoms with Crippen LogP contribution in [0.25, 0.3) is 71.3 Å². The summed E-state index contributed by atoms with van der Waals surface area (Å²) in [6.07, 6.45) is 0. The summed E-state index contributed by atoms with van der Waals surface area (Å²) in [4.78, 5) is 2.35. The number of hydrogen-bond acceptors (Lipinski definition) is 1. The maximum Gasteiger partial charge on any atom is 0.0541 e. The Labute approximate surface area is 303 Å². The predicted octanol–water partition coefficient (Wildman–Crippen LogP) is 13.9. The van der Waals surface area contributed by atoms with Crippen LogP contribution in [0.15, 0.2) is 206 Å². The third-order valence-electron chi connectivity index (χ3n) is 10.4. The number of rotatable bonds is 6. The molecule has 0 bridgehead atoms. The van der Waals surface area contributed by atoms with Crippen LogP contribution in [-0.4, -0.2) is 4.57 Å². The molecule has 0 saturated heterocycles. The molecule has 0 aliphatic rings. The zero-order chi connectivity index (χ0) is 34.4. The number of anilines is 3. The zero-order valence-electron chi connectivity index (χ0n) is 28.5. The first kappa shape index (κ1) is 30.0. The molecule has 0 aliphatic carbocycles. The third kappa shape index (κ3) is 5.21. The molecule has 0 saturated carbocycles. The number of benzene rings is 9. The van der Waals surface area contributed by atoms with E-state index < -0.39 is 0 Å². The molecule has 0 spiro atoms. The molecular formula is C50H34N2. The van der Waals surface area contributed by atoms with E-state index in [1.807, 2.05) is 0 Å². The van der Waals surface area contributed by atoms with E-state index in [0.717, 1.165) is 22.7 Å². The van der Waals surface area contributed by atoms with E-state index in [4.69, 9.17) is 0 Å². The molecule has 1 aromatic heterocycles. The minimum absolute atomic E-state index is 1.10. The molecule has 52 heavy (non-hydrogen) atoms. The highest BCUT2D eigenvalue weighted by Crippen LogP contribution is 2.39. The Morgan fingerprint density at radius 3 is 1.12 bits per heavy atom. The van der Waals surface area contributed by atoms with Crippen molar-refractivity contribution in [3.8, 4) is 27.9 Å². The van der Waals surface area contributed by atoms with Crippen molar-refractivity contribution >= 4 is 60.4 Å². The van der Waals surface area contributed by atoms with Gasteiger partial charge in [0.1, 0.15) is 0 Å². The van der Waals surface area contributed by atoms with Crippen LogP contribution >= 0.6 is 0 Å². The summed E-state index contributed by atoms with van der Waals surface area (Å²) in [5.74, 6) is 0. The first-order valence-electron chi connectivity index (χ1n) is 17.8. The molecule has 1 heterocycles. The normalized spacial score (nSPS) is 11.5. The first-order valence-corrected chi connectivity index (χ1v) is 17.8. The number of para-hydroxylation sites is 2. The number of hydrogen-bond donors (Lipinski definition) is 0. The van der Waals surface area contributed by atoms with Crippen molar-refractivity contribution in [2.75, 3.05) is 4.90 Å². The van der Waals surface area contributed by atoms with Gasteiger partial charge in [-0.25, -0.2) is 0 Å². The first-order chi connectivity index (χ1) is 25.8. The topological polar surface area (TPSA) is 8.17 Å². The maximum absolute atomic E-state index is 2.37. The number of aromatic nitrogens is 1. The van der Waals surface area contributed by atoms with E-state index in [0.29, 0.717) is 0 Å². The standard InChI is InChI=1S/C50H34N2/c1-3-11-39-33-41(19-17-35(39)9-1)37-21-25-43(26-22-37)51(44-27-23-38(24-28-44)42-20-18-36-10-2-4-12-40(36)34-42)45-29-31-46(32-30-45)52-49-15-7-5-13-47(49)48-14-6-8-16-50(48)52/h1-34H. The van der Waals surface area contributed by atoms with Gasteiger partial charge < -0.3 is 9.47 Å². The van der Waals surface area contributed by atoms with Gasteiger partial charge in [0.15, 0.2) is 0 Å². The van der Waals surface area contributed by atoms with Crippen LogP contribution < -0.4 is 4.90 Å². The van der Waals surface area contributed by atoms with Crippen molar-refractivity contribution in [3.05, 3.63) is 206 Å². The molecule has 244 valence electrons. The molecule has 0 atom stereocenters. The lowest BCUT2D eigenvalue weighted by molar-refractivity contribution is 1.17.